The normalized spacial score (nSPS) is 27.7. The molecular weight excluding hydrogens is 404 g/mol. The van der Waals surface area contributed by atoms with Crippen LogP contribution in [0.25, 0.3) is 0 Å². The van der Waals surface area contributed by atoms with Gasteiger partial charge in [-0.05, 0) is 85.7 Å². The number of hydrogen-bond acceptors (Lipinski definition) is 6. The van der Waals surface area contributed by atoms with Gasteiger partial charge in [0.15, 0.2) is 11.5 Å². The summed E-state index contributed by atoms with van der Waals surface area (Å²) in [5, 5.41) is 3.34. The molecule has 4 atom stereocenters. The maximum atomic E-state index is 12.5. The summed E-state index contributed by atoms with van der Waals surface area (Å²) in [4.78, 5) is 15.2. The number of nitrogens with one attached hydrogen (secondary N) is 1. The van der Waals surface area contributed by atoms with E-state index in [-0.39, 0.29) is 5.97 Å². The van der Waals surface area contributed by atoms with E-state index in [0.717, 1.165) is 56.9 Å². The van der Waals surface area contributed by atoms with Gasteiger partial charge in [0.25, 0.3) is 0 Å². The first kappa shape index (κ1) is 23.4. The van der Waals surface area contributed by atoms with Crippen LogP contribution in [0.15, 0.2) is 12.1 Å². The molecule has 0 radical (unpaired) electrons. The third kappa shape index (κ3) is 5.23. The number of carbonyl (C=O) groups excluding carboxylic acids is 1. The van der Waals surface area contributed by atoms with E-state index in [1.807, 2.05) is 0 Å². The Hall–Kier alpha value is -1.79. The SMILES string of the molecule is COc1cc2c(cc1OC)[C@H]1C[C@@H](COC(=O)CC3CCNC3)[C@H](CC(C)C)CN1CC2. The summed E-state index contributed by atoms with van der Waals surface area (Å²) in [5.74, 6) is 3.60. The molecular formula is C26H40N2O4. The van der Waals surface area contributed by atoms with Crippen molar-refractivity contribution in [1.29, 1.82) is 0 Å². The zero-order valence-corrected chi connectivity index (χ0v) is 20.2. The Balaban J connectivity index is 1.48. The highest BCUT2D eigenvalue weighted by molar-refractivity contribution is 5.69. The van der Waals surface area contributed by atoms with E-state index < -0.39 is 0 Å². The molecule has 32 heavy (non-hydrogen) atoms. The highest BCUT2D eigenvalue weighted by atomic mass is 16.5. The Morgan fingerprint density at radius 2 is 1.97 bits per heavy atom. The van der Waals surface area contributed by atoms with E-state index in [1.165, 1.54) is 17.5 Å². The summed E-state index contributed by atoms with van der Waals surface area (Å²) < 4.78 is 17.0. The van der Waals surface area contributed by atoms with E-state index in [4.69, 9.17) is 14.2 Å². The van der Waals surface area contributed by atoms with Gasteiger partial charge in [-0.25, -0.2) is 0 Å². The summed E-state index contributed by atoms with van der Waals surface area (Å²) in [6.45, 7) is 9.24. The third-order valence-electron chi connectivity index (χ3n) is 7.63. The Morgan fingerprint density at radius 1 is 1.19 bits per heavy atom. The number of nitrogens with zero attached hydrogens (tertiary/aromatic N) is 1. The van der Waals surface area contributed by atoms with E-state index in [1.54, 1.807) is 14.2 Å². The molecule has 2 fully saturated rings. The van der Waals surface area contributed by atoms with E-state index in [9.17, 15) is 4.79 Å². The number of piperidine rings is 1. The van der Waals surface area contributed by atoms with Gasteiger partial charge in [-0.15, -0.1) is 0 Å². The fourth-order valence-electron chi connectivity index (χ4n) is 5.96. The van der Waals surface area contributed by atoms with Crippen molar-refractivity contribution >= 4 is 5.97 Å². The molecule has 4 rings (SSSR count). The van der Waals surface area contributed by atoms with Gasteiger partial charge in [-0.3, -0.25) is 9.69 Å². The van der Waals surface area contributed by atoms with Crippen LogP contribution in [0.2, 0.25) is 0 Å². The number of carbonyl (C=O) groups is 1. The second-order valence-electron chi connectivity index (χ2n) is 10.3. The molecule has 6 heteroatoms. The lowest BCUT2D eigenvalue weighted by molar-refractivity contribution is -0.147. The molecule has 1 unspecified atom stereocenters. The van der Waals surface area contributed by atoms with Crippen LogP contribution in [0.5, 0.6) is 11.5 Å². The molecule has 3 heterocycles. The zero-order valence-electron chi connectivity index (χ0n) is 20.2. The lowest BCUT2D eigenvalue weighted by atomic mass is 9.74. The van der Waals surface area contributed by atoms with Crippen molar-refractivity contribution in [2.24, 2.45) is 23.7 Å². The predicted molar refractivity (Wildman–Crippen MR) is 125 cm³/mol. The van der Waals surface area contributed by atoms with Crippen LogP contribution in [0.3, 0.4) is 0 Å². The molecule has 3 aliphatic heterocycles. The number of hydrogen-bond donors (Lipinski definition) is 1. The smallest absolute Gasteiger partial charge is 0.306 e. The van der Waals surface area contributed by atoms with Crippen LogP contribution < -0.4 is 14.8 Å². The second kappa shape index (κ2) is 10.4. The Labute approximate surface area is 193 Å². The molecule has 0 amide bonds. The number of esters is 1. The molecule has 6 nitrogen and oxygen atoms in total. The fraction of sp³-hybridized carbons (Fsp3) is 0.731. The van der Waals surface area contributed by atoms with E-state index in [2.05, 4.69) is 36.2 Å². The van der Waals surface area contributed by atoms with Gasteiger partial charge in [0.1, 0.15) is 0 Å². The number of fused-ring (bicyclic) bond motifs is 3. The Kier molecular flexibility index (Phi) is 7.62. The van der Waals surface area contributed by atoms with Crippen molar-refractivity contribution in [3.63, 3.8) is 0 Å². The summed E-state index contributed by atoms with van der Waals surface area (Å²) >= 11 is 0. The van der Waals surface area contributed by atoms with Gasteiger partial charge < -0.3 is 19.5 Å². The first-order chi connectivity index (χ1) is 15.5. The molecule has 0 saturated carbocycles. The summed E-state index contributed by atoms with van der Waals surface area (Å²) in [5.41, 5.74) is 2.71. The van der Waals surface area contributed by atoms with Gasteiger partial charge in [0.05, 0.1) is 20.8 Å². The monoisotopic (exact) mass is 444 g/mol. The summed E-state index contributed by atoms with van der Waals surface area (Å²) in [6, 6.07) is 4.67. The van der Waals surface area contributed by atoms with Crippen molar-refractivity contribution in [2.45, 2.75) is 52.0 Å². The average Bonchev–Trinajstić information content (AvgIpc) is 3.29. The number of rotatable bonds is 8. The van der Waals surface area contributed by atoms with Crippen molar-refractivity contribution in [2.75, 3.05) is 47.0 Å². The van der Waals surface area contributed by atoms with Gasteiger partial charge >= 0.3 is 5.97 Å². The lowest BCUT2D eigenvalue weighted by Gasteiger charge is -2.47. The van der Waals surface area contributed by atoms with E-state index in [0.29, 0.717) is 42.7 Å². The standard InChI is InChI=1S/C26H40N2O4/c1-17(2)9-20-15-28-8-6-19-12-24(30-3)25(31-4)13-22(19)23(28)11-21(20)16-32-26(29)10-18-5-7-27-14-18/h12-13,17-18,20-21,23,27H,5-11,14-16H2,1-4H3/t18?,20-,21+,23-/m1/s1. The van der Waals surface area contributed by atoms with Crippen molar-refractivity contribution in [3.8, 4) is 11.5 Å². The van der Waals surface area contributed by atoms with Gasteiger partial charge in [-0.1, -0.05) is 13.8 Å². The third-order valence-corrected chi connectivity index (χ3v) is 7.63. The first-order valence-corrected chi connectivity index (χ1v) is 12.3. The molecule has 0 bridgehead atoms. The molecule has 1 aromatic carbocycles. The van der Waals surface area contributed by atoms with Crippen LogP contribution in [-0.4, -0.2) is 57.9 Å². The molecule has 2 saturated heterocycles. The minimum absolute atomic E-state index is 0.0279. The van der Waals surface area contributed by atoms with Crippen LogP contribution in [0.4, 0.5) is 0 Å². The fourth-order valence-corrected chi connectivity index (χ4v) is 5.96. The van der Waals surface area contributed by atoms with Gasteiger partial charge in [0.2, 0.25) is 0 Å². The van der Waals surface area contributed by atoms with Crippen LogP contribution in [0.1, 0.15) is 56.7 Å². The Morgan fingerprint density at radius 3 is 2.66 bits per heavy atom. The highest BCUT2D eigenvalue weighted by Gasteiger charge is 2.40. The highest BCUT2D eigenvalue weighted by Crippen LogP contribution is 2.45. The predicted octanol–water partition coefficient (Wildman–Crippen LogP) is 3.83. The number of benzene rings is 1. The van der Waals surface area contributed by atoms with Crippen molar-refractivity contribution in [1.82, 2.24) is 10.2 Å². The molecule has 0 aromatic heterocycles. The molecule has 0 spiro atoms. The second-order valence-corrected chi connectivity index (χ2v) is 10.3. The van der Waals surface area contributed by atoms with E-state index >= 15 is 0 Å². The van der Waals surface area contributed by atoms with Crippen LogP contribution >= 0.6 is 0 Å². The topological polar surface area (TPSA) is 60.0 Å². The van der Waals surface area contributed by atoms with Crippen LogP contribution in [-0.2, 0) is 16.0 Å². The molecule has 3 aliphatic rings. The first-order valence-electron chi connectivity index (χ1n) is 12.3. The molecule has 1 N–H and O–H groups in total. The van der Waals surface area contributed by atoms with Crippen molar-refractivity contribution in [3.05, 3.63) is 23.3 Å². The Bertz CT molecular complexity index is 790. The quantitative estimate of drug-likeness (QED) is 0.615. The average molecular weight is 445 g/mol. The summed E-state index contributed by atoms with van der Waals surface area (Å²) in [7, 11) is 3.40. The maximum absolute atomic E-state index is 12.5. The molecule has 0 aliphatic carbocycles. The minimum atomic E-state index is -0.0279. The number of ether oxygens (including phenoxy) is 3. The zero-order chi connectivity index (χ0) is 22.7. The summed E-state index contributed by atoms with van der Waals surface area (Å²) in [6.07, 6.45) is 4.86. The van der Waals surface area contributed by atoms with Crippen molar-refractivity contribution < 1.29 is 19.0 Å². The van der Waals surface area contributed by atoms with Gasteiger partial charge in [0, 0.05) is 25.6 Å². The maximum Gasteiger partial charge on any atom is 0.306 e. The molecule has 1 aromatic rings. The van der Waals surface area contributed by atoms with Gasteiger partial charge in [-0.2, -0.15) is 0 Å². The molecule has 178 valence electrons. The largest absolute Gasteiger partial charge is 0.493 e. The number of methoxy groups -OCH3 is 2. The van der Waals surface area contributed by atoms with Crippen LogP contribution in [0, 0.1) is 23.7 Å². The minimum Gasteiger partial charge on any atom is -0.493 e. The lowest BCUT2D eigenvalue weighted by Crippen LogP contribution is -2.47.